The normalized spacial score (nSPS) is 11.6. The molecule has 1 N–H and O–H groups in total. The van der Waals surface area contributed by atoms with Crippen molar-refractivity contribution in [1.82, 2.24) is 9.55 Å². The van der Waals surface area contributed by atoms with Gasteiger partial charge in [0.05, 0.1) is 17.6 Å². The van der Waals surface area contributed by atoms with E-state index < -0.39 is 35.6 Å². The predicted octanol–water partition coefficient (Wildman–Crippen LogP) is 3.16. The van der Waals surface area contributed by atoms with Crippen molar-refractivity contribution in [2.45, 2.75) is 32.5 Å². The summed E-state index contributed by atoms with van der Waals surface area (Å²) in [5.74, 6) is -2.13. The van der Waals surface area contributed by atoms with Gasteiger partial charge in [-0.05, 0) is 24.1 Å². The fourth-order valence-electron chi connectivity index (χ4n) is 2.05. The molecule has 5 nitrogen and oxygen atoms in total. The standard InChI is InChI=1S/C16H15F4N3O2/c1-9(2)13-6-15(25)23(8-21-13)7-14(24)22-10-3-4-12(17)11(5-10)16(18,19)20/h3-6,8-9H,7H2,1-2H3,(H,22,24). The molecular formula is C16H15F4N3O2. The molecule has 0 atom stereocenters. The van der Waals surface area contributed by atoms with Gasteiger partial charge in [0.25, 0.3) is 5.56 Å². The molecule has 25 heavy (non-hydrogen) atoms. The first-order valence-corrected chi connectivity index (χ1v) is 7.31. The summed E-state index contributed by atoms with van der Waals surface area (Å²) in [7, 11) is 0. The van der Waals surface area contributed by atoms with E-state index >= 15 is 0 Å². The topological polar surface area (TPSA) is 64.0 Å². The molecule has 0 bridgehead atoms. The molecule has 1 aromatic carbocycles. The molecule has 0 aliphatic heterocycles. The largest absolute Gasteiger partial charge is 0.419 e. The lowest BCUT2D eigenvalue weighted by Gasteiger charge is -2.12. The number of hydrogen-bond acceptors (Lipinski definition) is 3. The summed E-state index contributed by atoms with van der Waals surface area (Å²) in [5.41, 5.74) is -1.59. The van der Waals surface area contributed by atoms with Crippen molar-refractivity contribution in [2.24, 2.45) is 0 Å². The Bertz CT molecular complexity index is 844. The highest BCUT2D eigenvalue weighted by Crippen LogP contribution is 2.32. The van der Waals surface area contributed by atoms with E-state index in [1.54, 1.807) is 0 Å². The van der Waals surface area contributed by atoms with Gasteiger partial charge < -0.3 is 5.32 Å². The SMILES string of the molecule is CC(C)c1cc(=O)n(CC(=O)Nc2ccc(F)c(C(F)(F)F)c2)cn1. The van der Waals surface area contributed by atoms with E-state index in [2.05, 4.69) is 10.3 Å². The Balaban J connectivity index is 2.15. The Morgan fingerprint density at radius 1 is 1.28 bits per heavy atom. The molecule has 0 saturated carbocycles. The number of rotatable bonds is 4. The molecule has 9 heteroatoms. The molecule has 1 heterocycles. The predicted molar refractivity (Wildman–Crippen MR) is 82.6 cm³/mol. The van der Waals surface area contributed by atoms with Crippen LogP contribution in [0.5, 0.6) is 0 Å². The van der Waals surface area contributed by atoms with Gasteiger partial charge in [-0.15, -0.1) is 0 Å². The molecule has 0 unspecified atom stereocenters. The summed E-state index contributed by atoms with van der Waals surface area (Å²) < 4.78 is 52.2. The van der Waals surface area contributed by atoms with Crippen molar-refractivity contribution in [3.05, 3.63) is 58.0 Å². The van der Waals surface area contributed by atoms with E-state index in [1.165, 1.54) is 12.4 Å². The molecule has 2 rings (SSSR count). The van der Waals surface area contributed by atoms with Crippen LogP contribution in [0.1, 0.15) is 31.0 Å². The second-order valence-corrected chi connectivity index (χ2v) is 5.68. The molecule has 0 saturated heterocycles. The van der Waals surface area contributed by atoms with Crippen LogP contribution < -0.4 is 10.9 Å². The molecule has 0 fully saturated rings. The third-order valence-corrected chi connectivity index (χ3v) is 3.36. The van der Waals surface area contributed by atoms with Crippen molar-refractivity contribution >= 4 is 11.6 Å². The second kappa shape index (κ2) is 7.04. The molecule has 0 aliphatic carbocycles. The van der Waals surface area contributed by atoms with E-state index in [9.17, 15) is 27.2 Å². The van der Waals surface area contributed by atoms with Gasteiger partial charge in [0.2, 0.25) is 5.91 Å². The van der Waals surface area contributed by atoms with Crippen LogP contribution in [0.2, 0.25) is 0 Å². The van der Waals surface area contributed by atoms with Gasteiger partial charge in [-0.3, -0.25) is 14.2 Å². The van der Waals surface area contributed by atoms with E-state index in [0.717, 1.165) is 10.6 Å². The van der Waals surface area contributed by atoms with Crippen LogP contribution in [-0.4, -0.2) is 15.5 Å². The van der Waals surface area contributed by atoms with Crippen LogP contribution in [-0.2, 0) is 17.5 Å². The maximum Gasteiger partial charge on any atom is 0.419 e. The number of nitrogens with one attached hydrogen (secondary N) is 1. The number of alkyl halides is 3. The molecular weight excluding hydrogens is 342 g/mol. The number of nitrogens with zero attached hydrogens (tertiary/aromatic N) is 2. The minimum absolute atomic E-state index is 0.0381. The van der Waals surface area contributed by atoms with Gasteiger partial charge in [-0.2, -0.15) is 13.2 Å². The van der Waals surface area contributed by atoms with Crippen LogP contribution in [0.15, 0.2) is 35.4 Å². The van der Waals surface area contributed by atoms with Crippen LogP contribution in [0.25, 0.3) is 0 Å². The third kappa shape index (κ3) is 4.65. The second-order valence-electron chi connectivity index (χ2n) is 5.68. The first-order valence-electron chi connectivity index (χ1n) is 7.31. The van der Waals surface area contributed by atoms with Crippen LogP contribution in [0.4, 0.5) is 23.2 Å². The average Bonchev–Trinajstić information content (AvgIpc) is 2.50. The lowest BCUT2D eigenvalue weighted by atomic mass is 10.1. The Hall–Kier alpha value is -2.71. The van der Waals surface area contributed by atoms with Crippen molar-refractivity contribution < 1.29 is 22.4 Å². The number of hydrogen-bond donors (Lipinski definition) is 1. The van der Waals surface area contributed by atoms with Gasteiger partial charge in [0.15, 0.2) is 0 Å². The zero-order valence-corrected chi connectivity index (χ0v) is 13.4. The minimum atomic E-state index is -4.88. The molecule has 1 amide bonds. The van der Waals surface area contributed by atoms with Crippen LogP contribution in [0, 0.1) is 5.82 Å². The summed E-state index contributed by atoms with van der Waals surface area (Å²) in [6.07, 6.45) is -3.68. The van der Waals surface area contributed by atoms with Gasteiger partial charge >= 0.3 is 6.18 Å². The van der Waals surface area contributed by atoms with Gasteiger partial charge in [-0.25, -0.2) is 9.37 Å². The molecule has 2 aromatic rings. The molecule has 0 aliphatic rings. The first kappa shape index (κ1) is 18.6. The summed E-state index contributed by atoms with van der Waals surface area (Å²) in [5, 5.41) is 2.20. The Labute approximate surface area is 140 Å². The van der Waals surface area contributed by atoms with E-state index in [-0.39, 0.29) is 11.6 Å². The molecule has 134 valence electrons. The van der Waals surface area contributed by atoms with Crippen LogP contribution >= 0.6 is 0 Å². The third-order valence-electron chi connectivity index (χ3n) is 3.36. The summed E-state index contributed by atoms with van der Waals surface area (Å²) >= 11 is 0. The highest BCUT2D eigenvalue weighted by atomic mass is 19.4. The maximum atomic E-state index is 13.2. The lowest BCUT2D eigenvalue weighted by Crippen LogP contribution is -2.28. The number of carbonyl (C=O) groups is 1. The van der Waals surface area contributed by atoms with Gasteiger partial charge in [-0.1, -0.05) is 13.8 Å². The highest BCUT2D eigenvalue weighted by Gasteiger charge is 2.34. The van der Waals surface area contributed by atoms with Crippen molar-refractivity contribution in [1.29, 1.82) is 0 Å². The van der Waals surface area contributed by atoms with Crippen molar-refractivity contribution in [3.63, 3.8) is 0 Å². The number of benzene rings is 1. The van der Waals surface area contributed by atoms with E-state index in [4.69, 9.17) is 0 Å². The van der Waals surface area contributed by atoms with Gasteiger partial charge in [0.1, 0.15) is 12.4 Å². The number of anilines is 1. The highest BCUT2D eigenvalue weighted by molar-refractivity contribution is 5.90. The molecule has 0 spiro atoms. The number of amides is 1. The smallest absolute Gasteiger partial charge is 0.325 e. The zero-order chi connectivity index (χ0) is 18.8. The fraction of sp³-hybridized carbons (Fsp3) is 0.312. The summed E-state index contributed by atoms with van der Waals surface area (Å²) in [4.78, 5) is 27.9. The van der Waals surface area contributed by atoms with Crippen LogP contribution in [0.3, 0.4) is 0 Å². The van der Waals surface area contributed by atoms with Crippen molar-refractivity contribution in [2.75, 3.05) is 5.32 Å². The number of halogens is 4. The molecule has 1 aromatic heterocycles. The monoisotopic (exact) mass is 357 g/mol. The lowest BCUT2D eigenvalue weighted by molar-refractivity contribution is -0.140. The summed E-state index contributed by atoms with van der Waals surface area (Å²) in [6, 6.07) is 3.41. The Morgan fingerprint density at radius 2 is 1.96 bits per heavy atom. The molecule has 0 radical (unpaired) electrons. The Kier molecular flexibility index (Phi) is 5.24. The quantitative estimate of drug-likeness (QED) is 0.855. The van der Waals surface area contributed by atoms with E-state index in [1.807, 2.05) is 13.8 Å². The first-order chi connectivity index (χ1) is 11.6. The number of aromatic nitrogens is 2. The van der Waals surface area contributed by atoms with Crippen molar-refractivity contribution in [3.8, 4) is 0 Å². The zero-order valence-electron chi connectivity index (χ0n) is 13.4. The average molecular weight is 357 g/mol. The Morgan fingerprint density at radius 3 is 2.52 bits per heavy atom. The van der Waals surface area contributed by atoms with Gasteiger partial charge in [0, 0.05) is 11.8 Å². The van der Waals surface area contributed by atoms with E-state index in [0.29, 0.717) is 17.8 Å². The summed E-state index contributed by atoms with van der Waals surface area (Å²) in [6.45, 7) is 3.28. The fourth-order valence-corrected chi connectivity index (χ4v) is 2.05. The maximum absolute atomic E-state index is 13.2. The minimum Gasteiger partial charge on any atom is -0.325 e. The number of carbonyl (C=O) groups excluding carboxylic acids is 1.